The highest BCUT2D eigenvalue weighted by molar-refractivity contribution is 6.01. The lowest BCUT2D eigenvalue weighted by atomic mass is 9.96. The van der Waals surface area contributed by atoms with Crippen LogP contribution in [0.4, 0.5) is 0 Å². The van der Waals surface area contributed by atoms with E-state index in [2.05, 4.69) is 0 Å². The first-order valence-corrected chi connectivity index (χ1v) is 4.25. The molecule has 0 bridgehead atoms. The molecule has 0 amide bonds. The summed E-state index contributed by atoms with van der Waals surface area (Å²) in [6.45, 7) is 4.91. The Morgan fingerprint density at radius 3 is 2.46 bits per heavy atom. The number of Topliss-reactive ketones (excluding diaryl/α,β-unsaturated/α-hetero) is 1. The summed E-state index contributed by atoms with van der Waals surface area (Å²) in [5.41, 5.74) is 0.302. The topological polar surface area (TPSA) is 37.3 Å². The Kier molecular flexibility index (Phi) is 2.52. The molecule has 1 rings (SSSR count). The fourth-order valence-electron chi connectivity index (χ4n) is 1.14. The highest BCUT2D eigenvalue weighted by Gasteiger charge is 2.24. The van der Waals surface area contributed by atoms with Gasteiger partial charge in [-0.2, -0.15) is 0 Å². The van der Waals surface area contributed by atoms with Crippen molar-refractivity contribution in [1.29, 1.82) is 0 Å². The maximum Gasteiger partial charge on any atom is 0.193 e. The van der Waals surface area contributed by atoms with Crippen molar-refractivity contribution in [2.24, 2.45) is 0 Å². The quantitative estimate of drug-likeness (QED) is 0.703. The van der Waals surface area contributed by atoms with Crippen LogP contribution < -0.4 is 0 Å². The van der Waals surface area contributed by atoms with E-state index in [1.54, 1.807) is 12.1 Å². The van der Waals surface area contributed by atoms with E-state index in [1.807, 2.05) is 19.1 Å². The zero-order valence-electron chi connectivity index (χ0n) is 8.16. The highest BCUT2D eigenvalue weighted by Crippen LogP contribution is 2.13. The lowest BCUT2D eigenvalue weighted by molar-refractivity contribution is 0.0488. The molecule has 0 unspecified atom stereocenters. The Balaban J connectivity index is 3.03. The van der Waals surface area contributed by atoms with Gasteiger partial charge in [-0.25, -0.2) is 0 Å². The lowest BCUT2D eigenvalue weighted by Crippen LogP contribution is -2.31. The molecule has 0 radical (unpaired) electrons. The van der Waals surface area contributed by atoms with Gasteiger partial charge in [0.15, 0.2) is 5.78 Å². The normalized spacial score (nSPS) is 11.4. The van der Waals surface area contributed by atoms with Crippen molar-refractivity contribution in [3.8, 4) is 0 Å². The van der Waals surface area contributed by atoms with Crippen molar-refractivity contribution in [1.82, 2.24) is 0 Å². The van der Waals surface area contributed by atoms with E-state index in [9.17, 15) is 9.90 Å². The van der Waals surface area contributed by atoms with Gasteiger partial charge in [-0.1, -0.05) is 23.8 Å². The smallest absolute Gasteiger partial charge is 0.193 e. The van der Waals surface area contributed by atoms with Crippen LogP contribution in [0.25, 0.3) is 0 Å². The molecular formula is C11H14O2. The van der Waals surface area contributed by atoms with E-state index < -0.39 is 5.60 Å². The van der Waals surface area contributed by atoms with Gasteiger partial charge >= 0.3 is 0 Å². The number of carbonyl (C=O) groups is 1. The van der Waals surface area contributed by atoms with Crippen LogP contribution in [0.1, 0.15) is 29.8 Å². The van der Waals surface area contributed by atoms with Gasteiger partial charge in [0.2, 0.25) is 0 Å². The Hall–Kier alpha value is -1.15. The molecule has 1 N–H and O–H groups in total. The van der Waals surface area contributed by atoms with Crippen LogP contribution in [0, 0.1) is 6.92 Å². The van der Waals surface area contributed by atoms with Gasteiger partial charge < -0.3 is 5.11 Å². The zero-order valence-corrected chi connectivity index (χ0v) is 8.16. The van der Waals surface area contributed by atoms with E-state index in [4.69, 9.17) is 0 Å². The third-order valence-corrected chi connectivity index (χ3v) is 1.84. The molecule has 2 nitrogen and oxygen atoms in total. The van der Waals surface area contributed by atoms with Crippen molar-refractivity contribution in [3.05, 3.63) is 35.4 Å². The van der Waals surface area contributed by atoms with Gasteiger partial charge in [-0.15, -0.1) is 0 Å². The number of benzene rings is 1. The number of aliphatic hydroxyl groups is 1. The van der Waals surface area contributed by atoms with Crippen molar-refractivity contribution in [2.45, 2.75) is 26.4 Å². The Bertz CT molecular complexity index is 321. The summed E-state index contributed by atoms with van der Waals surface area (Å²) in [4.78, 5) is 11.6. The number of carbonyl (C=O) groups excluding carboxylic acids is 1. The molecule has 0 fully saturated rings. The Morgan fingerprint density at radius 1 is 1.38 bits per heavy atom. The minimum atomic E-state index is -1.28. The second-order valence-electron chi connectivity index (χ2n) is 3.76. The van der Waals surface area contributed by atoms with E-state index in [0.717, 1.165) is 5.56 Å². The number of ketones is 1. The fraction of sp³-hybridized carbons (Fsp3) is 0.364. The minimum absolute atomic E-state index is 0.240. The van der Waals surface area contributed by atoms with E-state index in [1.165, 1.54) is 13.8 Å². The van der Waals surface area contributed by atoms with Crippen molar-refractivity contribution >= 4 is 5.78 Å². The molecule has 0 aliphatic heterocycles. The molecule has 70 valence electrons. The van der Waals surface area contributed by atoms with Gasteiger partial charge in [0.05, 0.1) is 0 Å². The molecule has 1 aromatic carbocycles. The summed E-state index contributed by atoms with van der Waals surface area (Å²) >= 11 is 0. The molecule has 2 heteroatoms. The molecule has 0 aliphatic rings. The van der Waals surface area contributed by atoms with E-state index >= 15 is 0 Å². The third-order valence-electron chi connectivity index (χ3n) is 1.84. The summed E-state index contributed by atoms with van der Waals surface area (Å²) < 4.78 is 0. The third kappa shape index (κ3) is 2.39. The standard InChI is InChI=1S/C11H14O2/c1-8-5-4-6-9(7-8)10(12)11(2,3)13/h4-7,13H,1-3H3. The molecule has 0 aliphatic carbocycles. The van der Waals surface area contributed by atoms with Crippen LogP contribution in [0.15, 0.2) is 24.3 Å². The molecule has 0 saturated carbocycles. The van der Waals surface area contributed by atoms with Crippen molar-refractivity contribution in [2.75, 3.05) is 0 Å². The Morgan fingerprint density at radius 2 is 2.00 bits per heavy atom. The highest BCUT2D eigenvalue weighted by atomic mass is 16.3. The molecule has 0 spiro atoms. The summed E-state index contributed by atoms with van der Waals surface area (Å²) in [7, 11) is 0. The van der Waals surface area contributed by atoms with Gasteiger partial charge in [-0.3, -0.25) is 4.79 Å². The first kappa shape index (κ1) is 9.93. The first-order valence-electron chi connectivity index (χ1n) is 4.25. The molecule has 13 heavy (non-hydrogen) atoms. The molecular weight excluding hydrogens is 164 g/mol. The van der Waals surface area contributed by atoms with Crippen LogP contribution >= 0.6 is 0 Å². The van der Waals surface area contributed by atoms with Crippen molar-refractivity contribution < 1.29 is 9.90 Å². The number of aryl methyl sites for hydroxylation is 1. The fourth-order valence-corrected chi connectivity index (χ4v) is 1.14. The average molecular weight is 178 g/mol. The summed E-state index contributed by atoms with van der Waals surface area (Å²) in [5, 5.41) is 9.48. The van der Waals surface area contributed by atoms with Gasteiger partial charge in [0, 0.05) is 5.56 Å². The molecule has 0 atom stereocenters. The van der Waals surface area contributed by atoms with Gasteiger partial charge in [0.1, 0.15) is 5.60 Å². The monoisotopic (exact) mass is 178 g/mol. The van der Waals surface area contributed by atoms with E-state index in [-0.39, 0.29) is 5.78 Å². The molecule has 0 aromatic heterocycles. The average Bonchev–Trinajstić information content (AvgIpc) is 2.01. The SMILES string of the molecule is Cc1cccc(C(=O)C(C)(C)O)c1. The number of rotatable bonds is 2. The van der Waals surface area contributed by atoms with Crippen molar-refractivity contribution in [3.63, 3.8) is 0 Å². The maximum atomic E-state index is 11.6. The van der Waals surface area contributed by atoms with E-state index in [0.29, 0.717) is 5.56 Å². The van der Waals surface area contributed by atoms with Crippen LogP contribution in [0.2, 0.25) is 0 Å². The first-order chi connectivity index (χ1) is 5.91. The van der Waals surface area contributed by atoms with Gasteiger partial charge in [0.25, 0.3) is 0 Å². The van der Waals surface area contributed by atoms with Crippen LogP contribution in [-0.4, -0.2) is 16.5 Å². The lowest BCUT2D eigenvalue weighted by Gasteiger charge is -2.15. The number of hydrogen-bond acceptors (Lipinski definition) is 2. The zero-order chi connectivity index (χ0) is 10.1. The van der Waals surface area contributed by atoms with Crippen LogP contribution in [0.5, 0.6) is 0 Å². The Labute approximate surface area is 78.2 Å². The predicted molar refractivity (Wildman–Crippen MR) is 51.8 cm³/mol. The predicted octanol–water partition coefficient (Wildman–Crippen LogP) is 1.95. The second kappa shape index (κ2) is 3.30. The molecule has 0 heterocycles. The molecule has 0 saturated heterocycles. The summed E-state index contributed by atoms with van der Waals surface area (Å²) in [5.74, 6) is -0.240. The largest absolute Gasteiger partial charge is 0.382 e. The van der Waals surface area contributed by atoms with Crippen LogP contribution in [0.3, 0.4) is 0 Å². The summed E-state index contributed by atoms with van der Waals surface area (Å²) in [6, 6.07) is 7.23. The molecule has 1 aromatic rings. The second-order valence-corrected chi connectivity index (χ2v) is 3.76. The minimum Gasteiger partial charge on any atom is -0.382 e. The summed E-state index contributed by atoms with van der Waals surface area (Å²) in [6.07, 6.45) is 0. The number of hydrogen-bond donors (Lipinski definition) is 1. The van der Waals surface area contributed by atoms with Crippen LogP contribution in [-0.2, 0) is 0 Å². The van der Waals surface area contributed by atoms with Gasteiger partial charge in [-0.05, 0) is 26.8 Å². The maximum absolute atomic E-state index is 11.6.